The number of hydrogen-bond donors (Lipinski definition) is 1. The Balaban J connectivity index is 2.77. The van der Waals surface area contributed by atoms with Gasteiger partial charge in [-0.2, -0.15) is 0 Å². The zero-order valence-electron chi connectivity index (χ0n) is 12.1. The molecule has 1 rings (SSSR count). The topological polar surface area (TPSA) is 23.5 Å². The molecule has 1 aromatic carbocycles. The Hall–Kier alpha value is -1.90. The minimum Gasteiger partial charge on any atom is -0.378 e. The van der Waals surface area contributed by atoms with Gasteiger partial charge in [-0.25, -0.2) is 0 Å². The number of aliphatic hydroxyl groups is 1. The van der Waals surface area contributed by atoms with Gasteiger partial charge in [0.05, 0.1) is 0 Å². The number of rotatable bonds is 3. The molecule has 2 nitrogen and oxygen atoms in total. The lowest BCUT2D eigenvalue weighted by molar-refractivity contribution is 0.143. The minimum absolute atomic E-state index is 0.931. The summed E-state index contributed by atoms with van der Waals surface area (Å²) in [5.74, 6) is 11.0. The Bertz CT molecular complexity index is 511. The van der Waals surface area contributed by atoms with Crippen molar-refractivity contribution >= 4 is 5.69 Å². The van der Waals surface area contributed by atoms with E-state index in [1.807, 2.05) is 12.1 Å². The predicted octanol–water partition coefficient (Wildman–Crippen LogP) is 2.66. The molecule has 0 amide bonds. The zero-order chi connectivity index (χ0) is 14.3. The molecule has 19 heavy (non-hydrogen) atoms. The van der Waals surface area contributed by atoms with Crippen molar-refractivity contribution in [3.63, 3.8) is 0 Å². The van der Waals surface area contributed by atoms with Gasteiger partial charge in [-0.3, -0.25) is 0 Å². The van der Waals surface area contributed by atoms with Crippen molar-refractivity contribution < 1.29 is 5.11 Å². The Morgan fingerprint density at radius 3 is 2.11 bits per heavy atom. The summed E-state index contributed by atoms with van der Waals surface area (Å²) in [6.07, 6.45) is 0. The van der Waals surface area contributed by atoms with E-state index in [1.165, 1.54) is 5.69 Å². The van der Waals surface area contributed by atoms with E-state index in [1.54, 1.807) is 13.8 Å². The van der Waals surface area contributed by atoms with Gasteiger partial charge in [-0.05, 0) is 63.8 Å². The summed E-state index contributed by atoms with van der Waals surface area (Å²) in [5, 5.41) is 9.42. The van der Waals surface area contributed by atoms with E-state index >= 15 is 0 Å². The Morgan fingerprint density at radius 2 is 1.63 bits per heavy atom. The van der Waals surface area contributed by atoms with Gasteiger partial charge in [-0.1, -0.05) is 11.8 Å². The Morgan fingerprint density at radius 1 is 1.05 bits per heavy atom. The lowest BCUT2D eigenvalue weighted by Gasteiger charge is -2.20. The highest BCUT2D eigenvalue weighted by atomic mass is 16.3. The van der Waals surface area contributed by atoms with Gasteiger partial charge in [0.25, 0.3) is 0 Å². The molecule has 0 unspecified atom stereocenters. The summed E-state index contributed by atoms with van der Waals surface area (Å²) in [4.78, 5) is 2.28. The molecule has 0 aliphatic carbocycles. The van der Waals surface area contributed by atoms with Crippen LogP contribution in [-0.2, 0) is 0 Å². The first-order chi connectivity index (χ1) is 8.96. The van der Waals surface area contributed by atoms with Crippen LogP contribution in [0.5, 0.6) is 0 Å². The van der Waals surface area contributed by atoms with Gasteiger partial charge in [0.2, 0.25) is 0 Å². The monoisotopic (exact) mass is 255 g/mol. The molecule has 0 saturated heterocycles. The first-order valence-electron chi connectivity index (χ1n) is 6.57. The molecule has 1 aromatic rings. The second-order valence-electron chi connectivity index (χ2n) is 4.78. The van der Waals surface area contributed by atoms with Gasteiger partial charge >= 0.3 is 0 Å². The Labute approximate surface area is 116 Å². The molecule has 0 bridgehead atoms. The first-order valence-corrected chi connectivity index (χ1v) is 6.57. The van der Waals surface area contributed by atoms with Crippen molar-refractivity contribution in [2.45, 2.75) is 33.3 Å². The molecule has 0 radical (unpaired) electrons. The molecule has 100 valence electrons. The zero-order valence-corrected chi connectivity index (χ0v) is 12.1. The van der Waals surface area contributed by atoms with Crippen LogP contribution in [0.4, 0.5) is 5.69 Å². The molecule has 0 aliphatic rings. The third-order valence-corrected chi connectivity index (χ3v) is 2.63. The molecule has 1 N–H and O–H groups in total. The Kier molecular flexibility index (Phi) is 5.49. The largest absolute Gasteiger partial charge is 0.378 e. The van der Waals surface area contributed by atoms with Crippen molar-refractivity contribution in [3.05, 3.63) is 29.8 Å². The number of anilines is 1. The van der Waals surface area contributed by atoms with Gasteiger partial charge in [0.1, 0.15) is 5.60 Å². The fourth-order valence-corrected chi connectivity index (χ4v) is 1.63. The van der Waals surface area contributed by atoms with Crippen LogP contribution in [0.2, 0.25) is 0 Å². The quantitative estimate of drug-likeness (QED) is 0.839. The molecule has 0 fully saturated rings. The molecular formula is C17H21NO. The summed E-state index contributed by atoms with van der Waals surface area (Å²) in [7, 11) is 0. The van der Waals surface area contributed by atoms with Crippen LogP contribution < -0.4 is 4.90 Å². The summed E-state index contributed by atoms with van der Waals surface area (Å²) in [6, 6.07) is 8.12. The van der Waals surface area contributed by atoms with Crippen LogP contribution in [0.25, 0.3) is 0 Å². The number of nitrogens with zero attached hydrogens (tertiary/aromatic N) is 1. The third-order valence-electron chi connectivity index (χ3n) is 2.63. The van der Waals surface area contributed by atoms with Crippen LogP contribution in [-0.4, -0.2) is 23.8 Å². The van der Waals surface area contributed by atoms with Crippen molar-refractivity contribution in [1.29, 1.82) is 0 Å². The van der Waals surface area contributed by atoms with Crippen LogP contribution in [0.1, 0.15) is 33.3 Å². The van der Waals surface area contributed by atoms with Crippen molar-refractivity contribution in [3.8, 4) is 23.7 Å². The molecule has 2 heteroatoms. The van der Waals surface area contributed by atoms with E-state index < -0.39 is 5.60 Å². The maximum absolute atomic E-state index is 9.42. The van der Waals surface area contributed by atoms with E-state index in [0.717, 1.165) is 18.7 Å². The van der Waals surface area contributed by atoms with Crippen LogP contribution in [0.15, 0.2) is 24.3 Å². The molecule has 0 spiro atoms. The van der Waals surface area contributed by atoms with Gasteiger partial charge in [0, 0.05) is 24.3 Å². The summed E-state index contributed by atoms with van der Waals surface area (Å²) in [5.41, 5.74) is 1.15. The first kappa shape index (κ1) is 15.2. The molecule has 0 heterocycles. The highest BCUT2D eigenvalue weighted by Gasteiger charge is 2.04. The fraction of sp³-hybridized carbons (Fsp3) is 0.412. The van der Waals surface area contributed by atoms with Crippen molar-refractivity contribution in [2.24, 2.45) is 0 Å². The van der Waals surface area contributed by atoms with E-state index in [4.69, 9.17) is 0 Å². The maximum Gasteiger partial charge on any atom is 0.120 e. The lowest BCUT2D eigenvalue weighted by Crippen LogP contribution is -2.21. The second kappa shape index (κ2) is 6.88. The minimum atomic E-state index is -0.985. The van der Waals surface area contributed by atoms with Crippen LogP contribution in [0.3, 0.4) is 0 Å². The van der Waals surface area contributed by atoms with E-state index in [2.05, 4.69) is 54.6 Å². The molecular weight excluding hydrogens is 234 g/mol. The maximum atomic E-state index is 9.42. The van der Waals surface area contributed by atoms with E-state index in [0.29, 0.717) is 0 Å². The summed E-state index contributed by atoms with van der Waals surface area (Å²) >= 11 is 0. The molecule has 0 aromatic heterocycles. The highest BCUT2D eigenvalue weighted by molar-refractivity contribution is 5.51. The van der Waals surface area contributed by atoms with Crippen LogP contribution in [0, 0.1) is 23.7 Å². The SMILES string of the molecule is CCN(CC)c1ccc(C#CC#CC(C)(C)O)cc1. The normalized spacial score (nSPS) is 9.95. The molecule has 0 aliphatic heterocycles. The summed E-state index contributed by atoms with van der Waals surface area (Å²) < 4.78 is 0. The highest BCUT2D eigenvalue weighted by Crippen LogP contribution is 2.14. The van der Waals surface area contributed by atoms with Gasteiger partial charge < -0.3 is 10.0 Å². The fourth-order valence-electron chi connectivity index (χ4n) is 1.63. The molecule has 0 saturated carbocycles. The van der Waals surface area contributed by atoms with Gasteiger partial charge in [0.15, 0.2) is 0 Å². The van der Waals surface area contributed by atoms with E-state index in [-0.39, 0.29) is 0 Å². The standard InChI is InChI=1S/C17H21NO/c1-5-18(6-2)16-12-10-15(11-13-16)9-7-8-14-17(3,4)19/h10-13,19H,5-6H2,1-4H3. The average Bonchev–Trinajstić information content (AvgIpc) is 2.37. The van der Waals surface area contributed by atoms with Crippen molar-refractivity contribution in [2.75, 3.05) is 18.0 Å². The van der Waals surface area contributed by atoms with Crippen molar-refractivity contribution in [1.82, 2.24) is 0 Å². The van der Waals surface area contributed by atoms with Gasteiger partial charge in [-0.15, -0.1) is 0 Å². The van der Waals surface area contributed by atoms with E-state index in [9.17, 15) is 5.11 Å². The number of hydrogen-bond acceptors (Lipinski definition) is 2. The summed E-state index contributed by atoms with van der Waals surface area (Å²) in [6.45, 7) is 9.56. The predicted molar refractivity (Wildman–Crippen MR) is 81.0 cm³/mol. The lowest BCUT2D eigenvalue weighted by atomic mass is 10.1. The second-order valence-corrected chi connectivity index (χ2v) is 4.78. The molecule has 0 atom stereocenters. The van der Waals surface area contributed by atoms with Crippen LogP contribution >= 0.6 is 0 Å². The number of benzene rings is 1. The average molecular weight is 255 g/mol. The smallest absolute Gasteiger partial charge is 0.120 e. The third kappa shape index (κ3) is 5.51.